The number of para-hydroxylation sites is 1. The molecular weight excluding hydrogens is 212 g/mol. The molecule has 17 heavy (non-hydrogen) atoms. The Morgan fingerprint density at radius 2 is 2.00 bits per heavy atom. The fourth-order valence-electron chi connectivity index (χ4n) is 2.75. The van der Waals surface area contributed by atoms with Crippen LogP contribution in [0.3, 0.4) is 0 Å². The quantitative estimate of drug-likeness (QED) is 0.791. The minimum Gasteiger partial charge on any atom is -0.357 e. The van der Waals surface area contributed by atoms with Crippen LogP contribution < -0.4 is 4.90 Å². The van der Waals surface area contributed by atoms with Gasteiger partial charge in [-0.2, -0.15) is 0 Å². The summed E-state index contributed by atoms with van der Waals surface area (Å²) in [6, 6.07) is 8.03. The number of hydrogen-bond donors (Lipinski definition) is 0. The molecule has 1 aromatic carbocycles. The van der Waals surface area contributed by atoms with Gasteiger partial charge in [-0.15, -0.1) is 0 Å². The first kappa shape index (κ1) is 10.8. The van der Waals surface area contributed by atoms with Crippen molar-refractivity contribution in [1.29, 1.82) is 0 Å². The van der Waals surface area contributed by atoms with Crippen LogP contribution in [0.15, 0.2) is 24.3 Å². The van der Waals surface area contributed by atoms with E-state index in [9.17, 15) is 4.79 Å². The lowest BCUT2D eigenvalue weighted by atomic mass is 10.1. The first-order chi connectivity index (χ1) is 8.15. The van der Waals surface area contributed by atoms with Crippen molar-refractivity contribution in [1.82, 2.24) is 4.90 Å². The molecular formula is C14H18N2O. The fraction of sp³-hybridized carbons (Fsp3) is 0.500. The van der Waals surface area contributed by atoms with Gasteiger partial charge in [0.1, 0.15) is 5.54 Å². The molecule has 0 radical (unpaired) electrons. The second kappa shape index (κ2) is 3.57. The number of Topliss-reactive ketones (excluding diaryl/α,β-unsaturated/α-hetero) is 1. The van der Waals surface area contributed by atoms with Gasteiger partial charge >= 0.3 is 0 Å². The summed E-state index contributed by atoms with van der Waals surface area (Å²) in [5.74, 6) is 0.340. The second-order valence-corrected chi connectivity index (χ2v) is 5.33. The van der Waals surface area contributed by atoms with E-state index in [1.807, 2.05) is 18.2 Å². The van der Waals surface area contributed by atoms with Gasteiger partial charge < -0.3 is 9.80 Å². The van der Waals surface area contributed by atoms with Crippen molar-refractivity contribution in [2.75, 3.05) is 32.1 Å². The Morgan fingerprint density at radius 3 is 2.65 bits per heavy atom. The molecule has 3 nitrogen and oxygen atoms in total. The summed E-state index contributed by atoms with van der Waals surface area (Å²) in [6.45, 7) is 1.93. The lowest BCUT2D eigenvalue weighted by Gasteiger charge is -2.27. The Labute approximate surface area is 102 Å². The topological polar surface area (TPSA) is 23.6 Å². The molecule has 1 fully saturated rings. The van der Waals surface area contributed by atoms with Crippen LogP contribution in [0.5, 0.6) is 0 Å². The van der Waals surface area contributed by atoms with Crippen LogP contribution in [0.2, 0.25) is 0 Å². The Hall–Kier alpha value is -1.35. The summed E-state index contributed by atoms with van der Waals surface area (Å²) in [6.07, 6.45) is 2.04. The van der Waals surface area contributed by atoms with Gasteiger partial charge in [0.25, 0.3) is 0 Å². The molecule has 0 aromatic heterocycles. The van der Waals surface area contributed by atoms with Crippen LogP contribution >= 0.6 is 0 Å². The number of fused-ring (bicyclic) bond motifs is 1. The summed E-state index contributed by atoms with van der Waals surface area (Å²) in [7, 11) is 4.15. The summed E-state index contributed by atoms with van der Waals surface area (Å²) in [4.78, 5) is 16.9. The molecule has 3 rings (SSSR count). The van der Waals surface area contributed by atoms with Crippen LogP contribution in [-0.4, -0.2) is 43.4 Å². The molecule has 3 heteroatoms. The van der Waals surface area contributed by atoms with E-state index in [1.165, 1.54) is 0 Å². The average Bonchev–Trinajstić information content (AvgIpc) is 3.06. The van der Waals surface area contributed by atoms with Crippen LogP contribution in [-0.2, 0) is 0 Å². The highest BCUT2D eigenvalue weighted by Gasteiger charge is 2.59. The van der Waals surface area contributed by atoms with Crippen LogP contribution in [0.1, 0.15) is 23.2 Å². The standard InChI is InChI=1S/C14H18N2O/c1-15(2)9-10-16-12-6-4-3-5-11(12)13(17)14(16)7-8-14/h3-6H,7-10H2,1-2H3. The highest BCUT2D eigenvalue weighted by Crippen LogP contribution is 2.52. The fourth-order valence-corrected chi connectivity index (χ4v) is 2.75. The summed E-state index contributed by atoms with van der Waals surface area (Å²) in [5, 5.41) is 0. The highest BCUT2D eigenvalue weighted by atomic mass is 16.1. The zero-order valence-corrected chi connectivity index (χ0v) is 10.4. The first-order valence-corrected chi connectivity index (χ1v) is 6.21. The minimum absolute atomic E-state index is 0.167. The van der Waals surface area contributed by atoms with E-state index >= 15 is 0 Å². The molecule has 0 atom stereocenters. The molecule has 0 N–H and O–H groups in total. The van der Waals surface area contributed by atoms with E-state index in [-0.39, 0.29) is 5.54 Å². The first-order valence-electron chi connectivity index (χ1n) is 6.21. The maximum atomic E-state index is 12.4. The van der Waals surface area contributed by atoms with Crippen LogP contribution in [0.25, 0.3) is 0 Å². The SMILES string of the molecule is CN(C)CCN1c2ccccc2C(=O)C12CC2. The molecule has 1 aliphatic heterocycles. The molecule has 0 amide bonds. The smallest absolute Gasteiger partial charge is 0.190 e. The Morgan fingerprint density at radius 1 is 1.29 bits per heavy atom. The number of anilines is 1. The molecule has 0 bridgehead atoms. The van der Waals surface area contributed by atoms with Crippen molar-refractivity contribution in [2.24, 2.45) is 0 Å². The molecule has 2 aliphatic rings. The molecule has 0 saturated heterocycles. The summed E-state index contributed by atoms with van der Waals surface area (Å²) < 4.78 is 0. The van der Waals surface area contributed by atoms with Crippen molar-refractivity contribution in [3.05, 3.63) is 29.8 Å². The number of carbonyl (C=O) groups excluding carboxylic acids is 1. The number of carbonyl (C=O) groups is 1. The van der Waals surface area contributed by atoms with Crippen molar-refractivity contribution in [3.8, 4) is 0 Å². The van der Waals surface area contributed by atoms with Gasteiger partial charge in [-0.25, -0.2) is 0 Å². The average molecular weight is 230 g/mol. The summed E-state index contributed by atoms with van der Waals surface area (Å²) in [5.41, 5.74) is 1.89. The zero-order chi connectivity index (χ0) is 12.0. The third kappa shape index (κ3) is 1.49. The largest absolute Gasteiger partial charge is 0.357 e. The molecule has 0 unspecified atom stereocenters. The number of hydrogen-bond acceptors (Lipinski definition) is 3. The minimum atomic E-state index is -0.167. The highest BCUT2D eigenvalue weighted by molar-refractivity contribution is 6.15. The third-order valence-electron chi connectivity index (χ3n) is 3.87. The third-order valence-corrected chi connectivity index (χ3v) is 3.87. The maximum absolute atomic E-state index is 12.4. The van der Waals surface area contributed by atoms with Gasteiger partial charge in [0, 0.05) is 24.3 Å². The zero-order valence-electron chi connectivity index (χ0n) is 10.4. The Kier molecular flexibility index (Phi) is 2.26. The molecule has 90 valence electrons. The van der Waals surface area contributed by atoms with E-state index in [0.717, 1.165) is 37.2 Å². The molecule has 1 heterocycles. The van der Waals surface area contributed by atoms with Crippen molar-refractivity contribution in [3.63, 3.8) is 0 Å². The predicted octanol–water partition coefficient (Wildman–Crippen LogP) is 1.78. The number of ketones is 1. The second-order valence-electron chi connectivity index (χ2n) is 5.33. The van der Waals surface area contributed by atoms with E-state index in [2.05, 4.69) is 30.0 Å². The lowest BCUT2D eigenvalue weighted by Crippen LogP contribution is -2.41. The van der Waals surface area contributed by atoms with Gasteiger partial charge in [0.2, 0.25) is 0 Å². The maximum Gasteiger partial charge on any atom is 0.190 e. The van der Waals surface area contributed by atoms with Gasteiger partial charge in [0.15, 0.2) is 5.78 Å². The number of likely N-dealkylation sites (N-methyl/N-ethyl adjacent to an activating group) is 1. The van der Waals surface area contributed by atoms with E-state index in [0.29, 0.717) is 5.78 Å². The molecule has 1 saturated carbocycles. The van der Waals surface area contributed by atoms with Crippen molar-refractivity contribution in [2.45, 2.75) is 18.4 Å². The van der Waals surface area contributed by atoms with Crippen LogP contribution in [0.4, 0.5) is 5.69 Å². The number of nitrogens with zero attached hydrogens (tertiary/aromatic N) is 2. The van der Waals surface area contributed by atoms with E-state index in [1.54, 1.807) is 0 Å². The van der Waals surface area contributed by atoms with Crippen molar-refractivity contribution >= 4 is 11.5 Å². The van der Waals surface area contributed by atoms with Gasteiger partial charge in [-0.1, -0.05) is 12.1 Å². The Balaban J connectivity index is 1.94. The van der Waals surface area contributed by atoms with Gasteiger partial charge in [-0.3, -0.25) is 4.79 Å². The van der Waals surface area contributed by atoms with E-state index in [4.69, 9.17) is 0 Å². The molecule has 1 aliphatic carbocycles. The van der Waals surface area contributed by atoms with Crippen LogP contribution in [0, 0.1) is 0 Å². The molecule has 1 spiro atoms. The summed E-state index contributed by atoms with van der Waals surface area (Å²) >= 11 is 0. The Bertz CT molecular complexity index is 463. The van der Waals surface area contributed by atoms with Crippen molar-refractivity contribution < 1.29 is 4.79 Å². The van der Waals surface area contributed by atoms with E-state index < -0.39 is 0 Å². The lowest BCUT2D eigenvalue weighted by molar-refractivity contribution is 0.0958. The number of rotatable bonds is 3. The predicted molar refractivity (Wildman–Crippen MR) is 68.6 cm³/mol. The normalized spacial score (nSPS) is 20.2. The number of benzene rings is 1. The molecule has 1 aromatic rings. The van der Waals surface area contributed by atoms with Gasteiger partial charge in [-0.05, 0) is 39.1 Å². The monoisotopic (exact) mass is 230 g/mol. The van der Waals surface area contributed by atoms with Gasteiger partial charge in [0.05, 0.1) is 0 Å².